The Bertz CT molecular complexity index is 458. The van der Waals surface area contributed by atoms with E-state index >= 15 is 0 Å². The van der Waals surface area contributed by atoms with Gasteiger partial charge in [-0.15, -0.1) is 0 Å². The van der Waals surface area contributed by atoms with Crippen LogP contribution in [0.1, 0.15) is 0 Å². The van der Waals surface area contributed by atoms with Crippen molar-refractivity contribution in [3.63, 3.8) is 0 Å². The van der Waals surface area contributed by atoms with Crippen LogP contribution in [0.15, 0.2) is 52.4 Å². The minimum atomic E-state index is -0.464. The van der Waals surface area contributed by atoms with Crippen molar-refractivity contribution in [1.29, 1.82) is 0 Å². The normalized spacial score (nSPS) is 10.3. The Balaban J connectivity index is 2.18. The first kappa shape index (κ1) is 10.5. The molecule has 0 aliphatic rings. The van der Waals surface area contributed by atoms with Crippen molar-refractivity contribution < 1.29 is 4.39 Å². The van der Waals surface area contributed by atoms with E-state index in [4.69, 9.17) is 11.6 Å². The van der Waals surface area contributed by atoms with Crippen LogP contribution in [-0.2, 0) is 0 Å². The molecule has 0 saturated carbocycles. The number of hydrogen-bond donors (Lipinski definition) is 0. The Morgan fingerprint density at radius 3 is 2.47 bits per heavy atom. The topological polar surface area (TPSA) is 12.9 Å². The van der Waals surface area contributed by atoms with Crippen LogP contribution in [0.25, 0.3) is 0 Å². The number of benzene rings is 1. The van der Waals surface area contributed by atoms with Crippen molar-refractivity contribution >= 4 is 23.4 Å². The summed E-state index contributed by atoms with van der Waals surface area (Å²) in [6.07, 6.45) is 1.45. The second-order valence-corrected chi connectivity index (χ2v) is 4.45. The van der Waals surface area contributed by atoms with Crippen LogP contribution in [0.5, 0.6) is 0 Å². The molecular weight excluding hydrogens is 233 g/mol. The molecule has 0 spiro atoms. The Kier molecular flexibility index (Phi) is 3.23. The van der Waals surface area contributed by atoms with Crippen molar-refractivity contribution in [2.45, 2.75) is 9.79 Å². The van der Waals surface area contributed by atoms with Crippen molar-refractivity contribution in [3.8, 4) is 0 Å². The van der Waals surface area contributed by atoms with Gasteiger partial charge < -0.3 is 0 Å². The molecule has 1 heterocycles. The van der Waals surface area contributed by atoms with E-state index in [1.54, 1.807) is 18.2 Å². The zero-order chi connectivity index (χ0) is 10.7. The molecule has 0 fully saturated rings. The first-order chi connectivity index (χ1) is 7.24. The van der Waals surface area contributed by atoms with E-state index in [1.165, 1.54) is 24.0 Å². The molecule has 76 valence electrons. The Morgan fingerprint density at radius 2 is 1.80 bits per heavy atom. The summed E-state index contributed by atoms with van der Waals surface area (Å²) >= 11 is 7.23. The van der Waals surface area contributed by atoms with Crippen molar-refractivity contribution in [3.05, 3.63) is 53.6 Å². The third-order valence-electron chi connectivity index (χ3n) is 1.75. The number of pyridine rings is 1. The zero-order valence-corrected chi connectivity index (χ0v) is 9.23. The maximum Gasteiger partial charge on any atom is 0.213 e. The largest absolute Gasteiger partial charge is 0.228 e. The van der Waals surface area contributed by atoms with E-state index in [-0.39, 0.29) is 0 Å². The summed E-state index contributed by atoms with van der Waals surface area (Å²) in [7, 11) is 0. The number of hydrogen-bond acceptors (Lipinski definition) is 2. The highest BCUT2D eigenvalue weighted by Gasteiger charge is 1.99. The summed E-state index contributed by atoms with van der Waals surface area (Å²) in [6, 6.07) is 10.6. The summed E-state index contributed by atoms with van der Waals surface area (Å²) in [5.41, 5.74) is 0. The first-order valence-electron chi connectivity index (χ1n) is 4.29. The molecule has 0 unspecified atom stereocenters. The molecule has 1 nitrogen and oxygen atoms in total. The zero-order valence-electron chi connectivity index (χ0n) is 7.65. The van der Waals surface area contributed by atoms with Gasteiger partial charge in [-0.2, -0.15) is 4.39 Å². The van der Waals surface area contributed by atoms with Crippen LogP contribution in [0.4, 0.5) is 4.39 Å². The maximum atomic E-state index is 12.8. The highest BCUT2D eigenvalue weighted by atomic mass is 35.5. The molecule has 1 aromatic heterocycles. The van der Waals surface area contributed by atoms with Crippen LogP contribution in [0, 0.1) is 5.95 Å². The molecule has 0 N–H and O–H groups in total. The van der Waals surface area contributed by atoms with Gasteiger partial charge in [0, 0.05) is 27.1 Å². The van der Waals surface area contributed by atoms with E-state index in [2.05, 4.69) is 4.98 Å². The number of halogens is 2. The van der Waals surface area contributed by atoms with Gasteiger partial charge in [-0.25, -0.2) is 4.98 Å². The lowest BCUT2D eigenvalue weighted by Crippen LogP contribution is -1.81. The molecule has 2 rings (SSSR count). The molecule has 15 heavy (non-hydrogen) atoms. The van der Waals surface area contributed by atoms with Gasteiger partial charge >= 0.3 is 0 Å². The smallest absolute Gasteiger partial charge is 0.213 e. The molecular formula is C11H7ClFNS. The minimum Gasteiger partial charge on any atom is -0.228 e. The van der Waals surface area contributed by atoms with Gasteiger partial charge in [0.25, 0.3) is 0 Å². The SMILES string of the molecule is Fc1cc(Sc2ccc(Cl)cc2)ccn1. The second kappa shape index (κ2) is 4.64. The Labute approximate surface area is 96.3 Å². The third kappa shape index (κ3) is 2.94. The second-order valence-electron chi connectivity index (χ2n) is 2.87. The summed E-state index contributed by atoms with van der Waals surface area (Å²) in [5, 5.41) is 0.695. The molecule has 0 radical (unpaired) electrons. The summed E-state index contributed by atoms with van der Waals surface area (Å²) < 4.78 is 12.8. The summed E-state index contributed by atoms with van der Waals surface area (Å²) in [6.45, 7) is 0. The first-order valence-corrected chi connectivity index (χ1v) is 5.48. The van der Waals surface area contributed by atoms with Crippen LogP contribution < -0.4 is 0 Å². The molecule has 0 atom stereocenters. The molecule has 4 heteroatoms. The van der Waals surface area contributed by atoms with Gasteiger partial charge in [0.05, 0.1) is 0 Å². The quantitative estimate of drug-likeness (QED) is 0.734. The van der Waals surface area contributed by atoms with E-state index in [9.17, 15) is 4.39 Å². The lowest BCUT2D eigenvalue weighted by molar-refractivity contribution is 0.579. The number of nitrogens with zero attached hydrogens (tertiary/aromatic N) is 1. The Morgan fingerprint density at radius 1 is 1.07 bits per heavy atom. The number of rotatable bonds is 2. The Hall–Kier alpha value is -1.06. The van der Waals surface area contributed by atoms with Gasteiger partial charge in [-0.1, -0.05) is 23.4 Å². The lowest BCUT2D eigenvalue weighted by Gasteiger charge is -2.00. The highest BCUT2D eigenvalue weighted by molar-refractivity contribution is 7.99. The number of aromatic nitrogens is 1. The molecule has 2 aromatic rings. The van der Waals surface area contributed by atoms with Gasteiger partial charge in [-0.05, 0) is 30.3 Å². The molecule has 0 saturated heterocycles. The third-order valence-corrected chi connectivity index (χ3v) is 3.00. The van der Waals surface area contributed by atoms with E-state index in [0.29, 0.717) is 5.02 Å². The molecule has 1 aromatic carbocycles. The van der Waals surface area contributed by atoms with Crippen LogP contribution in [-0.4, -0.2) is 4.98 Å². The van der Waals surface area contributed by atoms with Gasteiger partial charge in [0.2, 0.25) is 5.95 Å². The maximum absolute atomic E-state index is 12.8. The predicted octanol–water partition coefficient (Wildman–Crippen LogP) is 4.03. The predicted molar refractivity (Wildman–Crippen MR) is 59.8 cm³/mol. The monoisotopic (exact) mass is 239 g/mol. The van der Waals surface area contributed by atoms with Crippen LogP contribution in [0.2, 0.25) is 5.02 Å². The van der Waals surface area contributed by atoms with Crippen molar-refractivity contribution in [2.75, 3.05) is 0 Å². The summed E-state index contributed by atoms with van der Waals surface area (Å²) in [5.74, 6) is -0.464. The standard InChI is InChI=1S/C11H7ClFNS/c12-8-1-3-9(4-2-8)15-10-5-6-14-11(13)7-10/h1-7H. The average molecular weight is 240 g/mol. The minimum absolute atomic E-state index is 0.464. The van der Waals surface area contributed by atoms with Crippen LogP contribution in [0.3, 0.4) is 0 Å². The van der Waals surface area contributed by atoms with Crippen LogP contribution >= 0.6 is 23.4 Å². The van der Waals surface area contributed by atoms with Gasteiger partial charge in [0.15, 0.2) is 0 Å². The fourth-order valence-corrected chi connectivity index (χ4v) is 2.04. The fraction of sp³-hybridized carbons (Fsp3) is 0. The van der Waals surface area contributed by atoms with E-state index in [1.807, 2.05) is 12.1 Å². The molecule has 0 bridgehead atoms. The van der Waals surface area contributed by atoms with Crippen molar-refractivity contribution in [1.82, 2.24) is 4.98 Å². The van der Waals surface area contributed by atoms with E-state index < -0.39 is 5.95 Å². The van der Waals surface area contributed by atoms with Gasteiger partial charge in [0.1, 0.15) is 0 Å². The highest BCUT2D eigenvalue weighted by Crippen LogP contribution is 2.28. The lowest BCUT2D eigenvalue weighted by atomic mass is 10.4. The fourth-order valence-electron chi connectivity index (χ4n) is 1.09. The average Bonchev–Trinajstić information content (AvgIpc) is 2.22. The van der Waals surface area contributed by atoms with Crippen molar-refractivity contribution in [2.24, 2.45) is 0 Å². The van der Waals surface area contributed by atoms with E-state index in [0.717, 1.165) is 9.79 Å². The van der Waals surface area contributed by atoms with Gasteiger partial charge in [-0.3, -0.25) is 0 Å². The molecule has 0 aliphatic carbocycles. The molecule has 0 aliphatic heterocycles. The summed E-state index contributed by atoms with van der Waals surface area (Å²) in [4.78, 5) is 5.34. The molecule has 0 amide bonds.